The number of rotatable bonds is 9. The maximum atomic E-state index is 5.02. The van der Waals surface area contributed by atoms with Gasteiger partial charge in [0.25, 0.3) is 0 Å². The average molecular weight is 354 g/mol. The third-order valence-corrected chi connectivity index (χ3v) is 5.41. The van der Waals surface area contributed by atoms with Crippen LogP contribution in [0.15, 0.2) is 34.6 Å². The molecule has 0 spiro atoms. The molecular weight excluding hydrogens is 336 g/mol. The number of likely N-dealkylation sites (N-methyl/N-ethyl adjacent to an activating group) is 1. The molecule has 2 rings (SSSR count). The molecule has 117 valence electrons. The van der Waals surface area contributed by atoms with Crippen LogP contribution in [0.2, 0.25) is 0 Å². The number of thioether (sulfide) groups is 2. The van der Waals surface area contributed by atoms with Gasteiger partial charge in [0.15, 0.2) is 0 Å². The SMILES string of the molecule is CN(C)CCn1nnnc1SC([C]=S)CSc1ccccn1. The Hall–Kier alpha value is -1.03. The maximum Gasteiger partial charge on any atom is 0.210 e. The number of thiocarbonyl (C=S) groups is 1. The third-order valence-electron chi connectivity index (χ3n) is 2.66. The van der Waals surface area contributed by atoms with Crippen LogP contribution in [0.5, 0.6) is 0 Å². The Balaban J connectivity index is 1.90. The monoisotopic (exact) mass is 353 g/mol. The van der Waals surface area contributed by atoms with Gasteiger partial charge in [-0.25, -0.2) is 9.67 Å². The smallest absolute Gasteiger partial charge is 0.210 e. The van der Waals surface area contributed by atoms with Crippen molar-refractivity contribution >= 4 is 41.1 Å². The van der Waals surface area contributed by atoms with Crippen molar-refractivity contribution < 1.29 is 0 Å². The minimum absolute atomic E-state index is 0.0334. The van der Waals surface area contributed by atoms with Gasteiger partial charge in [-0.1, -0.05) is 30.0 Å². The second-order valence-corrected chi connectivity index (χ2v) is 7.14. The molecule has 9 heteroatoms. The molecule has 0 saturated carbocycles. The Labute approximate surface area is 144 Å². The number of nitrogens with zero attached hydrogens (tertiary/aromatic N) is 6. The van der Waals surface area contributed by atoms with Crippen LogP contribution < -0.4 is 0 Å². The molecule has 1 atom stereocenters. The molecule has 0 aliphatic heterocycles. The van der Waals surface area contributed by atoms with Gasteiger partial charge in [0.2, 0.25) is 5.16 Å². The van der Waals surface area contributed by atoms with Crippen LogP contribution in [0.25, 0.3) is 0 Å². The molecule has 0 saturated heterocycles. The zero-order valence-corrected chi connectivity index (χ0v) is 14.9. The molecule has 0 N–H and O–H groups in total. The van der Waals surface area contributed by atoms with Gasteiger partial charge in [-0.3, -0.25) is 0 Å². The molecular formula is C13H17N6S3. The largest absolute Gasteiger partial charge is 0.308 e. The van der Waals surface area contributed by atoms with Gasteiger partial charge in [0.1, 0.15) is 0 Å². The second-order valence-electron chi connectivity index (χ2n) is 4.69. The number of hydrogen-bond acceptors (Lipinski definition) is 8. The lowest BCUT2D eigenvalue weighted by atomic mass is 10.5. The molecule has 0 aromatic carbocycles. The Morgan fingerprint density at radius 3 is 2.95 bits per heavy atom. The first-order valence-electron chi connectivity index (χ1n) is 6.68. The molecule has 6 nitrogen and oxygen atoms in total. The lowest BCUT2D eigenvalue weighted by Crippen LogP contribution is -2.20. The molecule has 0 amide bonds. The van der Waals surface area contributed by atoms with Crippen LogP contribution >= 0.6 is 35.7 Å². The number of aromatic nitrogens is 5. The maximum absolute atomic E-state index is 5.02. The van der Waals surface area contributed by atoms with Gasteiger partial charge < -0.3 is 4.90 Å². The van der Waals surface area contributed by atoms with Crippen molar-refractivity contribution in [3.63, 3.8) is 0 Å². The molecule has 22 heavy (non-hydrogen) atoms. The van der Waals surface area contributed by atoms with Crippen molar-refractivity contribution in [1.29, 1.82) is 0 Å². The third kappa shape index (κ3) is 5.64. The minimum Gasteiger partial charge on any atom is -0.308 e. The van der Waals surface area contributed by atoms with Crippen LogP contribution in [0.4, 0.5) is 0 Å². The average Bonchev–Trinajstić information content (AvgIpc) is 2.97. The number of hydrogen-bond donors (Lipinski definition) is 0. The highest BCUT2D eigenvalue weighted by Crippen LogP contribution is 2.25. The van der Waals surface area contributed by atoms with Crippen LogP contribution in [-0.2, 0) is 6.54 Å². The highest BCUT2D eigenvalue weighted by Gasteiger charge is 2.15. The molecule has 2 aromatic heterocycles. The van der Waals surface area contributed by atoms with Gasteiger partial charge >= 0.3 is 0 Å². The van der Waals surface area contributed by atoms with Crippen molar-refractivity contribution in [3.8, 4) is 0 Å². The lowest BCUT2D eigenvalue weighted by molar-refractivity contribution is 0.361. The molecule has 1 unspecified atom stereocenters. The predicted octanol–water partition coefficient (Wildman–Crippen LogP) is 1.76. The fourth-order valence-corrected chi connectivity index (χ4v) is 3.69. The van der Waals surface area contributed by atoms with E-state index in [1.165, 1.54) is 11.8 Å². The summed E-state index contributed by atoms with van der Waals surface area (Å²) in [5, 5.41) is 16.5. The summed E-state index contributed by atoms with van der Waals surface area (Å²) in [5.74, 6) is 0.783. The van der Waals surface area contributed by atoms with Crippen molar-refractivity contribution in [1.82, 2.24) is 30.1 Å². The summed E-state index contributed by atoms with van der Waals surface area (Å²) >= 11 is 8.21. The summed E-state index contributed by atoms with van der Waals surface area (Å²) in [7, 11) is 4.04. The van der Waals surface area contributed by atoms with E-state index in [1.807, 2.05) is 32.3 Å². The Morgan fingerprint density at radius 2 is 2.27 bits per heavy atom. The van der Waals surface area contributed by atoms with E-state index >= 15 is 0 Å². The highest BCUT2D eigenvalue weighted by atomic mass is 32.2. The quantitative estimate of drug-likeness (QED) is 0.499. The fourth-order valence-electron chi connectivity index (χ4n) is 1.53. The fraction of sp³-hybridized carbons (Fsp3) is 0.462. The van der Waals surface area contributed by atoms with E-state index < -0.39 is 0 Å². The normalized spacial score (nSPS) is 12.5. The highest BCUT2D eigenvalue weighted by molar-refractivity contribution is 8.04. The van der Waals surface area contributed by atoms with Crippen molar-refractivity contribution in [2.24, 2.45) is 0 Å². The van der Waals surface area contributed by atoms with Gasteiger partial charge in [-0.05, 0) is 36.7 Å². The first-order chi connectivity index (χ1) is 10.7. The Morgan fingerprint density at radius 1 is 1.41 bits per heavy atom. The second kappa shape index (κ2) is 9.19. The van der Waals surface area contributed by atoms with Crippen LogP contribution in [0.3, 0.4) is 0 Å². The molecule has 0 aliphatic carbocycles. The van der Waals surface area contributed by atoms with E-state index in [4.69, 9.17) is 12.2 Å². The van der Waals surface area contributed by atoms with Crippen molar-refractivity contribution in [2.45, 2.75) is 22.0 Å². The summed E-state index contributed by atoms with van der Waals surface area (Å²) in [4.78, 5) is 6.38. The van der Waals surface area contributed by atoms with Crippen LogP contribution in [-0.4, -0.2) is 67.1 Å². The number of tetrazole rings is 1. The summed E-state index contributed by atoms with van der Waals surface area (Å²) in [6.45, 7) is 1.63. The summed E-state index contributed by atoms with van der Waals surface area (Å²) in [5.41, 5.74) is 0. The summed E-state index contributed by atoms with van der Waals surface area (Å²) < 4.78 is 1.80. The topological polar surface area (TPSA) is 59.7 Å². The molecule has 2 heterocycles. The van der Waals surface area contributed by atoms with Gasteiger partial charge in [0.05, 0.1) is 16.8 Å². The Kier molecular flexibility index (Phi) is 7.23. The van der Waals surface area contributed by atoms with Gasteiger partial charge in [-0.15, -0.1) is 16.9 Å². The Bertz CT molecular complexity index is 574. The lowest BCUT2D eigenvalue weighted by Gasteiger charge is -2.12. The first-order valence-corrected chi connectivity index (χ1v) is 8.95. The zero-order chi connectivity index (χ0) is 15.8. The molecule has 1 radical (unpaired) electrons. The van der Waals surface area contributed by atoms with E-state index in [-0.39, 0.29) is 5.25 Å². The van der Waals surface area contributed by atoms with E-state index in [9.17, 15) is 0 Å². The molecule has 0 fully saturated rings. The first kappa shape index (κ1) is 17.3. The summed E-state index contributed by atoms with van der Waals surface area (Å²) in [6.07, 6.45) is 1.79. The van der Waals surface area contributed by atoms with E-state index in [0.29, 0.717) is 0 Å². The van der Waals surface area contributed by atoms with Gasteiger partial charge in [0, 0.05) is 23.9 Å². The summed E-state index contributed by atoms with van der Waals surface area (Å²) in [6, 6.07) is 5.86. The molecule has 2 aromatic rings. The van der Waals surface area contributed by atoms with E-state index in [1.54, 1.807) is 22.6 Å². The number of pyridine rings is 1. The van der Waals surface area contributed by atoms with E-state index in [0.717, 1.165) is 29.0 Å². The predicted molar refractivity (Wildman–Crippen MR) is 93.6 cm³/mol. The van der Waals surface area contributed by atoms with Crippen LogP contribution in [0.1, 0.15) is 0 Å². The zero-order valence-electron chi connectivity index (χ0n) is 12.4. The molecule has 0 aliphatic rings. The van der Waals surface area contributed by atoms with Gasteiger partial charge in [-0.2, -0.15) is 0 Å². The van der Waals surface area contributed by atoms with Crippen LogP contribution in [0, 0.1) is 0 Å². The van der Waals surface area contributed by atoms with Crippen molar-refractivity contribution in [3.05, 3.63) is 24.4 Å². The standard InChI is InChI=1S/C13H17N6S3/c1-18(2)7-8-19-13(15-16-17-19)22-11(9-20)10-21-12-5-3-4-6-14-12/h3-6,11H,7-8,10H2,1-2H3. The molecule has 0 bridgehead atoms. The van der Waals surface area contributed by atoms with Crippen molar-refractivity contribution in [2.75, 3.05) is 26.4 Å². The minimum atomic E-state index is 0.0334. The van der Waals surface area contributed by atoms with E-state index in [2.05, 4.69) is 30.8 Å².